The van der Waals surface area contributed by atoms with Crippen LogP contribution in [0.15, 0.2) is 53.6 Å². The van der Waals surface area contributed by atoms with Gasteiger partial charge in [0.05, 0.1) is 16.6 Å². The third kappa shape index (κ3) is 1.64. The predicted molar refractivity (Wildman–Crippen MR) is 85.1 cm³/mol. The van der Waals surface area contributed by atoms with Gasteiger partial charge < -0.3 is 5.84 Å². The quantitative estimate of drug-likeness (QED) is 0.542. The minimum absolute atomic E-state index is 0.290. The van der Waals surface area contributed by atoms with E-state index in [1.807, 2.05) is 37.3 Å². The van der Waals surface area contributed by atoms with Gasteiger partial charge in [-0.25, -0.2) is 14.2 Å². The number of aromatic nitrogens is 4. The molecule has 0 fully saturated rings. The van der Waals surface area contributed by atoms with Crippen LogP contribution in [0.3, 0.4) is 0 Å². The van der Waals surface area contributed by atoms with Crippen molar-refractivity contribution in [2.24, 2.45) is 0 Å². The van der Waals surface area contributed by atoms with Crippen LogP contribution in [0.4, 0.5) is 0 Å². The number of rotatable bonds is 1. The Balaban J connectivity index is 2.15. The minimum Gasteiger partial charge on any atom is -0.336 e. The van der Waals surface area contributed by atoms with Crippen LogP contribution < -0.4 is 11.4 Å². The lowest BCUT2D eigenvalue weighted by atomic mass is 10.1. The first kappa shape index (κ1) is 12.6. The van der Waals surface area contributed by atoms with E-state index in [2.05, 4.69) is 10.1 Å². The molecule has 6 heteroatoms. The van der Waals surface area contributed by atoms with E-state index in [1.165, 1.54) is 6.20 Å². The van der Waals surface area contributed by atoms with E-state index in [4.69, 9.17) is 5.84 Å². The van der Waals surface area contributed by atoms with Crippen molar-refractivity contribution in [3.63, 3.8) is 0 Å². The smallest absolute Gasteiger partial charge is 0.279 e. The maximum atomic E-state index is 12.1. The fourth-order valence-electron chi connectivity index (χ4n) is 2.73. The number of pyridine rings is 1. The van der Waals surface area contributed by atoms with Crippen LogP contribution in [0.5, 0.6) is 0 Å². The van der Waals surface area contributed by atoms with Crippen molar-refractivity contribution >= 4 is 16.6 Å². The molecule has 4 aromatic rings. The average Bonchev–Trinajstić information content (AvgIpc) is 2.88. The molecule has 6 nitrogen and oxygen atoms in total. The summed E-state index contributed by atoms with van der Waals surface area (Å²) < 4.78 is 2.75. The minimum atomic E-state index is -0.290. The molecule has 1 aromatic carbocycles. The molecule has 0 aliphatic heterocycles. The molecule has 4 rings (SSSR count). The Bertz CT molecular complexity index is 1060. The molecule has 0 saturated carbocycles. The lowest BCUT2D eigenvalue weighted by Gasteiger charge is -2.04. The number of hydrogen-bond donors (Lipinski definition) is 1. The van der Waals surface area contributed by atoms with E-state index >= 15 is 0 Å². The molecule has 0 bridgehead atoms. The van der Waals surface area contributed by atoms with Crippen molar-refractivity contribution in [2.75, 3.05) is 5.84 Å². The van der Waals surface area contributed by atoms with E-state index < -0.39 is 0 Å². The van der Waals surface area contributed by atoms with Gasteiger partial charge in [0.2, 0.25) is 0 Å². The molecule has 3 aromatic heterocycles. The summed E-state index contributed by atoms with van der Waals surface area (Å²) >= 11 is 0. The van der Waals surface area contributed by atoms with Gasteiger partial charge in [-0.15, -0.1) is 0 Å². The van der Waals surface area contributed by atoms with Crippen molar-refractivity contribution in [1.29, 1.82) is 0 Å². The number of fused-ring (bicyclic) bond motifs is 3. The Hall–Kier alpha value is -3.15. The largest absolute Gasteiger partial charge is 0.336 e. The zero-order chi connectivity index (χ0) is 15.3. The lowest BCUT2D eigenvalue weighted by Crippen LogP contribution is -2.26. The zero-order valence-corrected chi connectivity index (χ0v) is 11.9. The molecule has 3 heterocycles. The van der Waals surface area contributed by atoms with Crippen LogP contribution in [-0.2, 0) is 0 Å². The van der Waals surface area contributed by atoms with Crippen molar-refractivity contribution < 1.29 is 0 Å². The second kappa shape index (κ2) is 4.42. The second-order valence-corrected chi connectivity index (χ2v) is 5.15. The highest BCUT2D eigenvalue weighted by molar-refractivity contribution is 5.86. The van der Waals surface area contributed by atoms with E-state index in [0.29, 0.717) is 10.9 Å². The molecular formula is C16H13N5O. The van der Waals surface area contributed by atoms with Crippen molar-refractivity contribution in [2.45, 2.75) is 6.92 Å². The second-order valence-electron chi connectivity index (χ2n) is 5.15. The number of nitrogens with zero attached hydrogens (tertiary/aromatic N) is 4. The Morgan fingerprint density at radius 1 is 1.14 bits per heavy atom. The third-order valence-electron chi connectivity index (χ3n) is 3.78. The number of benzene rings is 1. The summed E-state index contributed by atoms with van der Waals surface area (Å²) in [6, 6.07) is 11.7. The summed E-state index contributed by atoms with van der Waals surface area (Å²) in [5.74, 6) is 5.60. The van der Waals surface area contributed by atoms with Crippen LogP contribution >= 0.6 is 0 Å². The van der Waals surface area contributed by atoms with Crippen LogP contribution in [0.2, 0.25) is 0 Å². The fraction of sp³-hybridized carbons (Fsp3) is 0.0625. The van der Waals surface area contributed by atoms with Crippen LogP contribution in [0.1, 0.15) is 5.69 Å². The fourth-order valence-corrected chi connectivity index (χ4v) is 2.73. The molecule has 0 aliphatic rings. The topological polar surface area (TPSA) is 78.2 Å². The maximum absolute atomic E-state index is 12.1. The van der Waals surface area contributed by atoms with E-state index in [9.17, 15) is 4.79 Å². The van der Waals surface area contributed by atoms with E-state index in [0.717, 1.165) is 27.1 Å². The summed E-state index contributed by atoms with van der Waals surface area (Å²) in [4.78, 5) is 16.5. The van der Waals surface area contributed by atoms with Crippen LogP contribution in [0, 0.1) is 6.92 Å². The Morgan fingerprint density at radius 3 is 2.68 bits per heavy atom. The van der Waals surface area contributed by atoms with Gasteiger partial charge in [-0.2, -0.15) is 5.10 Å². The van der Waals surface area contributed by atoms with Gasteiger partial charge >= 0.3 is 0 Å². The molecule has 22 heavy (non-hydrogen) atoms. The van der Waals surface area contributed by atoms with Crippen LogP contribution in [-0.4, -0.2) is 19.3 Å². The summed E-state index contributed by atoms with van der Waals surface area (Å²) in [7, 11) is 0. The number of aryl methyl sites for hydroxylation is 1. The molecule has 2 N–H and O–H groups in total. The Kier molecular flexibility index (Phi) is 2.53. The molecule has 0 amide bonds. The summed E-state index contributed by atoms with van der Waals surface area (Å²) in [5.41, 5.74) is 4.02. The Labute approximate surface area is 125 Å². The predicted octanol–water partition coefficient (Wildman–Crippen LogP) is 1.73. The van der Waals surface area contributed by atoms with Gasteiger partial charge in [0, 0.05) is 18.0 Å². The lowest BCUT2D eigenvalue weighted by molar-refractivity contribution is 0.922. The third-order valence-corrected chi connectivity index (χ3v) is 3.78. The van der Waals surface area contributed by atoms with E-state index in [1.54, 1.807) is 16.8 Å². The molecule has 0 saturated heterocycles. The molecule has 108 valence electrons. The highest BCUT2D eigenvalue weighted by atomic mass is 16.1. The van der Waals surface area contributed by atoms with Gasteiger partial charge in [-0.3, -0.25) is 4.79 Å². The van der Waals surface area contributed by atoms with Gasteiger partial charge in [0.15, 0.2) is 5.65 Å². The molecular weight excluding hydrogens is 278 g/mol. The van der Waals surface area contributed by atoms with Gasteiger partial charge in [0.1, 0.15) is 0 Å². The van der Waals surface area contributed by atoms with Gasteiger partial charge in [-0.1, -0.05) is 30.3 Å². The van der Waals surface area contributed by atoms with Crippen molar-refractivity contribution in [3.8, 4) is 11.1 Å². The monoisotopic (exact) mass is 291 g/mol. The van der Waals surface area contributed by atoms with Crippen molar-refractivity contribution in [1.82, 2.24) is 19.3 Å². The first-order valence-corrected chi connectivity index (χ1v) is 6.87. The summed E-state index contributed by atoms with van der Waals surface area (Å²) in [5, 5.41) is 5.00. The number of nitrogens with two attached hydrogens (primary N) is 1. The van der Waals surface area contributed by atoms with Gasteiger partial charge in [-0.05, 0) is 18.6 Å². The molecule has 0 atom stereocenters. The van der Waals surface area contributed by atoms with Crippen molar-refractivity contribution in [3.05, 3.63) is 64.8 Å². The Morgan fingerprint density at radius 2 is 1.91 bits per heavy atom. The average molecular weight is 291 g/mol. The standard InChI is InChI=1S/C16H13N5O/c1-10-14(11-5-3-2-4-6-11)15-18-9-12-13(21(15)19-10)7-8-20(17)16(12)22/h2-9H,17H2,1H3. The van der Waals surface area contributed by atoms with Crippen LogP contribution in [0.25, 0.3) is 27.7 Å². The molecule has 0 aliphatic carbocycles. The normalized spacial score (nSPS) is 11.3. The van der Waals surface area contributed by atoms with E-state index in [-0.39, 0.29) is 5.56 Å². The molecule has 0 radical (unpaired) electrons. The summed E-state index contributed by atoms with van der Waals surface area (Å²) in [6.07, 6.45) is 3.09. The zero-order valence-electron chi connectivity index (χ0n) is 11.9. The first-order chi connectivity index (χ1) is 10.7. The number of nitrogen functional groups attached to an aromatic ring is 1. The highest BCUT2D eigenvalue weighted by Crippen LogP contribution is 2.28. The maximum Gasteiger partial charge on any atom is 0.279 e. The summed E-state index contributed by atoms with van der Waals surface area (Å²) in [6.45, 7) is 1.94. The highest BCUT2D eigenvalue weighted by Gasteiger charge is 2.15. The molecule has 0 spiro atoms. The first-order valence-electron chi connectivity index (χ1n) is 6.87. The van der Waals surface area contributed by atoms with Gasteiger partial charge in [0.25, 0.3) is 5.56 Å². The molecule has 0 unspecified atom stereocenters. The number of hydrogen-bond acceptors (Lipinski definition) is 4. The SMILES string of the molecule is Cc1nn2c(ncc3c(=O)n(N)ccc32)c1-c1ccccc1.